The number of nitrogens with one attached hydrogen (secondary N) is 1. The van der Waals surface area contributed by atoms with E-state index in [4.69, 9.17) is 0 Å². The summed E-state index contributed by atoms with van der Waals surface area (Å²) in [4.78, 5) is 31.8. The number of thiazole rings is 1. The van der Waals surface area contributed by atoms with Crippen LogP contribution in [0.5, 0.6) is 0 Å². The predicted molar refractivity (Wildman–Crippen MR) is 98.3 cm³/mol. The molecule has 0 saturated carbocycles. The van der Waals surface area contributed by atoms with E-state index in [1.165, 1.54) is 11.1 Å². The molecule has 0 saturated heterocycles. The van der Waals surface area contributed by atoms with Crippen LogP contribution in [0.15, 0.2) is 41.3 Å². The zero-order chi connectivity index (χ0) is 17.4. The Kier molecular flexibility index (Phi) is 4.13. The van der Waals surface area contributed by atoms with Crippen molar-refractivity contribution in [1.82, 2.24) is 14.7 Å². The second-order valence-corrected chi connectivity index (χ2v) is 7.44. The third-order valence-electron chi connectivity index (χ3n) is 4.69. The third-order valence-corrected chi connectivity index (χ3v) is 5.85. The lowest BCUT2D eigenvalue weighted by molar-refractivity contribution is 0.0938. The van der Waals surface area contributed by atoms with Crippen LogP contribution in [0.4, 0.5) is 0 Å². The molecule has 1 N–H and O–H groups in total. The highest BCUT2D eigenvalue weighted by Crippen LogP contribution is 2.28. The summed E-state index contributed by atoms with van der Waals surface area (Å²) in [6, 6.07) is 9.52. The highest BCUT2D eigenvalue weighted by atomic mass is 32.1. The molecule has 1 aliphatic carbocycles. The summed E-state index contributed by atoms with van der Waals surface area (Å²) in [5.74, 6) is -0.376. The minimum Gasteiger partial charge on any atom is -0.345 e. The van der Waals surface area contributed by atoms with Crippen LogP contribution in [0.3, 0.4) is 0 Å². The summed E-state index contributed by atoms with van der Waals surface area (Å²) < 4.78 is 1.64. The van der Waals surface area contributed by atoms with Crippen molar-refractivity contribution >= 4 is 22.2 Å². The zero-order valence-corrected chi connectivity index (χ0v) is 14.8. The SMILES string of the molecule is C[C@@H](NC(=O)c1cnc2sc3c(n2c1=O)CCCC3)c1ccccc1. The molecule has 0 spiro atoms. The number of benzene rings is 1. The number of carbonyl (C=O) groups excluding carboxylic acids is 1. The van der Waals surface area contributed by atoms with E-state index in [0.29, 0.717) is 4.96 Å². The van der Waals surface area contributed by atoms with Crippen molar-refractivity contribution in [3.05, 3.63) is 68.6 Å². The van der Waals surface area contributed by atoms with Crippen LogP contribution in [0, 0.1) is 0 Å². The van der Waals surface area contributed by atoms with Crippen molar-refractivity contribution in [2.75, 3.05) is 0 Å². The first-order valence-electron chi connectivity index (χ1n) is 8.53. The molecular weight excluding hydrogens is 334 g/mol. The van der Waals surface area contributed by atoms with Crippen LogP contribution >= 0.6 is 11.3 Å². The third kappa shape index (κ3) is 2.87. The van der Waals surface area contributed by atoms with E-state index in [9.17, 15) is 9.59 Å². The number of amides is 1. The van der Waals surface area contributed by atoms with E-state index in [1.54, 1.807) is 15.7 Å². The van der Waals surface area contributed by atoms with Gasteiger partial charge in [-0.1, -0.05) is 30.3 Å². The number of rotatable bonds is 3. The molecule has 1 atom stereocenters. The standard InChI is InChI=1S/C19H19N3O2S/c1-12(13-7-3-2-4-8-13)21-17(23)14-11-20-19-22(18(14)24)15-9-5-6-10-16(15)25-19/h2-4,7-8,11-12H,5-6,9-10H2,1H3,(H,21,23)/t12-/m1/s1. The van der Waals surface area contributed by atoms with Crippen LogP contribution in [0.1, 0.15) is 52.3 Å². The van der Waals surface area contributed by atoms with Crippen molar-refractivity contribution in [2.24, 2.45) is 0 Å². The topological polar surface area (TPSA) is 63.5 Å². The summed E-state index contributed by atoms with van der Waals surface area (Å²) in [7, 11) is 0. The summed E-state index contributed by atoms with van der Waals surface area (Å²) in [6.07, 6.45) is 5.51. The molecule has 1 aliphatic rings. The van der Waals surface area contributed by atoms with Gasteiger partial charge < -0.3 is 5.32 Å². The highest BCUT2D eigenvalue weighted by molar-refractivity contribution is 7.17. The fourth-order valence-corrected chi connectivity index (χ4v) is 4.49. The minimum atomic E-state index is -0.376. The van der Waals surface area contributed by atoms with Gasteiger partial charge in [0.15, 0.2) is 4.96 Å². The fourth-order valence-electron chi connectivity index (χ4n) is 3.32. The maximum Gasteiger partial charge on any atom is 0.271 e. The summed E-state index contributed by atoms with van der Waals surface area (Å²) in [5, 5.41) is 2.90. The summed E-state index contributed by atoms with van der Waals surface area (Å²) >= 11 is 1.57. The fraction of sp³-hybridized carbons (Fsp3) is 0.316. The van der Waals surface area contributed by atoms with Gasteiger partial charge in [0.1, 0.15) is 5.56 Å². The largest absolute Gasteiger partial charge is 0.345 e. The van der Waals surface area contributed by atoms with Crippen LogP contribution in [0.2, 0.25) is 0 Å². The number of aromatic nitrogens is 2. The summed E-state index contributed by atoms with van der Waals surface area (Å²) in [5.41, 5.74) is 1.88. The Morgan fingerprint density at radius 2 is 2.00 bits per heavy atom. The Labute approximate surface area is 149 Å². The second-order valence-electron chi connectivity index (χ2n) is 6.38. The monoisotopic (exact) mass is 353 g/mol. The maximum absolute atomic E-state index is 12.9. The molecule has 0 fully saturated rings. The lowest BCUT2D eigenvalue weighted by Crippen LogP contribution is -2.33. The molecule has 6 heteroatoms. The van der Waals surface area contributed by atoms with Gasteiger partial charge in [-0.3, -0.25) is 14.0 Å². The number of nitrogens with zero attached hydrogens (tertiary/aromatic N) is 2. The Morgan fingerprint density at radius 3 is 2.80 bits per heavy atom. The molecule has 1 aromatic carbocycles. The normalized spacial score (nSPS) is 14.9. The second kappa shape index (κ2) is 6.44. The Hall–Kier alpha value is -2.47. The van der Waals surface area contributed by atoms with E-state index in [-0.39, 0.29) is 23.1 Å². The molecule has 0 aliphatic heterocycles. The van der Waals surface area contributed by atoms with Gasteiger partial charge in [-0.2, -0.15) is 0 Å². The number of carbonyl (C=O) groups is 1. The van der Waals surface area contributed by atoms with E-state index in [1.807, 2.05) is 37.3 Å². The average Bonchev–Trinajstić information content (AvgIpc) is 3.02. The van der Waals surface area contributed by atoms with Crippen LogP contribution in [-0.4, -0.2) is 15.3 Å². The first-order chi connectivity index (χ1) is 12.1. The van der Waals surface area contributed by atoms with Gasteiger partial charge in [-0.25, -0.2) is 4.98 Å². The number of hydrogen-bond donors (Lipinski definition) is 1. The highest BCUT2D eigenvalue weighted by Gasteiger charge is 2.22. The lowest BCUT2D eigenvalue weighted by atomic mass is 10.0. The predicted octanol–water partition coefficient (Wildman–Crippen LogP) is 3.13. The molecule has 1 amide bonds. The number of aryl methyl sites for hydroxylation is 2. The molecule has 128 valence electrons. The minimum absolute atomic E-state index is 0.103. The van der Waals surface area contributed by atoms with Gasteiger partial charge in [0.2, 0.25) is 0 Å². The molecule has 0 radical (unpaired) electrons. The van der Waals surface area contributed by atoms with E-state index in [2.05, 4.69) is 10.3 Å². The molecule has 25 heavy (non-hydrogen) atoms. The Morgan fingerprint density at radius 1 is 1.24 bits per heavy atom. The molecule has 0 bridgehead atoms. The summed E-state index contributed by atoms with van der Waals surface area (Å²) in [6.45, 7) is 1.91. The molecular formula is C19H19N3O2S. The Bertz CT molecular complexity index is 991. The van der Waals surface area contributed by atoms with Crippen molar-refractivity contribution in [3.63, 3.8) is 0 Å². The molecule has 2 aromatic heterocycles. The lowest BCUT2D eigenvalue weighted by Gasteiger charge is -2.14. The average molecular weight is 353 g/mol. The van der Waals surface area contributed by atoms with Gasteiger partial charge in [-0.15, -0.1) is 11.3 Å². The van der Waals surface area contributed by atoms with E-state index < -0.39 is 0 Å². The first-order valence-corrected chi connectivity index (χ1v) is 9.35. The zero-order valence-electron chi connectivity index (χ0n) is 14.0. The van der Waals surface area contributed by atoms with Crippen molar-refractivity contribution in [2.45, 2.75) is 38.6 Å². The molecule has 3 aromatic rings. The van der Waals surface area contributed by atoms with E-state index >= 15 is 0 Å². The van der Waals surface area contributed by atoms with Crippen molar-refractivity contribution < 1.29 is 4.79 Å². The van der Waals surface area contributed by atoms with E-state index in [0.717, 1.165) is 36.9 Å². The van der Waals surface area contributed by atoms with Crippen LogP contribution < -0.4 is 10.9 Å². The molecule has 5 nitrogen and oxygen atoms in total. The quantitative estimate of drug-likeness (QED) is 0.787. The van der Waals surface area contributed by atoms with Crippen molar-refractivity contribution in [3.8, 4) is 0 Å². The van der Waals surface area contributed by atoms with Gasteiger partial charge in [0, 0.05) is 16.8 Å². The van der Waals surface area contributed by atoms with Crippen LogP contribution in [0.25, 0.3) is 4.96 Å². The van der Waals surface area contributed by atoms with Gasteiger partial charge in [0.05, 0.1) is 6.04 Å². The number of hydrogen-bond acceptors (Lipinski definition) is 4. The Balaban J connectivity index is 1.68. The number of fused-ring (bicyclic) bond motifs is 3. The maximum atomic E-state index is 12.9. The van der Waals surface area contributed by atoms with Gasteiger partial charge in [-0.05, 0) is 38.2 Å². The van der Waals surface area contributed by atoms with Crippen LogP contribution in [-0.2, 0) is 12.8 Å². The molecule has 0 unspecified atom stereocenters. The smallest absolute Gasteiger partial charge is 0.271 e. The van der Waals surface area contributed by atoms with Gasteiger partial charge >= 0.3 is 0 Å². The molecule has 2 heterocycles. The van der Waals surface area contributed by atoms with Crippen molar-refractivity contribution in [1.29, 1.82) is 0 Å². The molecule has 4 rings (SSSR count). The van der Waals surface area contributed by atoms with Gasteiger partial charge in [0.25, 0.3) is 11.5 Å². The first kappa shape index (κ1) is 16.0.